The molecule has 2 heterocycles. The molecule has 34 heavy (non-hydrogen) atoms. The number of carbonyl (C=O) groups is 1. The van der Waals surface area contributed by atoms with E-state index in [0.717, 1.165) is 36.1 Å². The van der Waals surface area contributed by atoms with E-state index in [4.69, 9.17) is 23.2 Å². The van der Waals surface area contributed by atoms with Gasteiger partial charge in [-0.3, -0.25) is 9.80 Å². The van der Waals surface area contributed by atoms with E-state index < -0.39 is 0 Å². The minimum absolute atomic E-state index is 0. The average molecular weight is 587 g/mol. The standard InChI is InChI=1S/C19H19N2S.C8H8Cl2O.Y/c1-4-5-15-6-8-16(9-7-15)19-14(2)21(3)20-12-18(19)17-10-11-22-13-17;1-5(11)8-6(9)3-2-4-7(8)10;/h4,6-13H,2,5H2,1,3H3;3H,2,4H2,1H3;/q-1;;. The van der Waals surface area contributed by atoms with E-state index in [-0.39, 0.29) is 38.5 Å². The maximum atomic E-state index is 11.0. The molecular weight excluding hydrogens is 560 g/mol. The molecule has 0 amide bonds. The number of benzene rings is 1. The SMILES string of the molecule is C=C1C(c2ccc(C[CH-]C)cc2)=C(c2ccsc2)C=NN1C.CC(=O)C1=C(Cl)CCC=C1Cl.[Y]. The van der Waals surface area contributed by atoms with E-state index >= 15 is 0 Å². The number of nitrogens with zero attached hydrogens (tertiary/aromatic N) is 2. The van der Waals surface area contributed by atoms with Gasteiger partial charge < -0.3 is 6.42 Å². The second-order valence-electron chi connectivity index (χ2n) is 7.75. The van der Waals surface area contributed by atoms with Gasteiger partial charge in [0, 0.05) is 61.0 Å². The smallest absolute Gasteiger partial charge is 0.162 e. The normalized spacial score (nSPS) is 15.5. The number of hydrogen-bond donors (Lipinski definition) is 0. The number of likely N-dealkylation sites (N-methyl/N-ethyl adjacent to an activating group) is 1. The van der Waals surface area contributed by atoms with Crippen molar-refractivity contribution in [2.75, 3.05) is 7.05 Å². The third-order valence-corrected chi connectivity index (χ3v) is 6.78. The molecular formula is C27H27Cl2N2OSY-. The van der Waals surface area contributed by atoms with Crippen molar-refractivity contribution in [2.24, 2.45) is 5.10 Å². The summed E-state index contributed by atoms with van der Waals surface area (Å²) in [6, 6.07) is 10.9. The van der Waals surface area contributed by atoms with Crippen LogP contribution in [-0.4, -0.2) is 24.1 Å². The van der Waals surface area contributed by atoms with E-state index in [1.807, 2.05) is 24.3 Å². The van der Waals surface area contributed by atoms with E-state index in [0.29, 0.717) is 15.6 Å². The molecule has 0 saturated heterocycles. The molecule has 175 valence electrons. The number of hydrogen-bond acceptors (Lipinski definition) is 4. The van der Waals surface area contributed by atoms with Crippen LogP contribution in [-0.2, 0) is 43.9 Å². The number of ketones is 1. The Labute approximate surface area is 241 Å². The Kier molecular flexibility index (Phi) is 11.7. The summed E-state index contributed by atoms with van der Waals surface area (Å²) in [5.74, 6) is -0.0593. The third kappa shape index (κ3) is 7.12. The predicted molar refractivity (Wildman–Crippen MR) is 143 cm³/mol. The van der Waals surface area contributed by atoms with E-state index in [1.54, 1.807) is 11.3 Å². The van der Waals surface area contributed by atoms with Crippen molar-refractivity contribution in [3.05, 3.63) is 98.2 Å². The Morgan fingerprint density at radius 2 is 1.91 bits per heavy atom. The monoisotopic (exact) mass is 586 g/mol. The Morgan fingerprint density at radius 1 is 1.21 bits per heavy atom. The van der Waals surface area contributed by atoms with Gasteiger partial charge in [0.05, 0.1) is 17.5 Å². The van der Waals surface area contributed by atoms with Crippen LogP contribution in [0.4, 0.5) is 0 Å². The van der Waals surface area contributed by atoms with Crippen LogP contribution in [0.15, 0.2) is 80.2 Å². The van der Waals surface area contributed by atoms with Crippen molar-refractivity contribution >= 4 is 57.7 Å². The molecule has 2 aliphatic rings. The van der Waals surface area contributed by atoms with Crippen molar-refractivity contribution < 1.29 is 37.5 Å². The fraction of sp³-hybridized carbons (Fsp3) is 0.222. The molecule has 1 aliphatic carbocycles. The number of halogens is 2. The number of rotatable bonds is 5. The van der Waals surface area contributed by atoms with Crippen LogP contribution in [0.3, 0.4) is 0 Å². The summed E-state index contributed by atoms with van der Waals surface area (Å²) < 4.78 is 0. The van der Waals surface area contributed by atoms with Crippen molar-refractivity contribution in [1.29, 1.82) is 0 Å². The van der Waals surface area contributed by atoms with Gasteiger partial charge in [-0.05, 0) is 47.7 Å². The second kappa shape index (κ2) is 13.7. The summed E-state index contributed by atoms with van der Waals surface area (Å²) in [6.45, 7) is 7.78. The van der Waals surface area contributed by atoms with Crippen molar-refractivity contribution in [2.45, 2.75) is 33.1 Å². The molecule has 4 rings (SSSR count). The summed E-state index contributed by atoms with van der Waals surface area (Å²) >= 11 is 13.3. The van der Waals surface area contributed by atoms with E-state index in [9.17, 15) is 4.79 Å². The van der Waals surface area contributed by atoms with Crippen LogP contribution in [0.5, 0.6) is 0 Å². The first kappa shape index (κ1) is 28.9. The molecule has 0 spiro atoms. The molecule has 0 N–H and O–H groups in total. The van der Waals surface area contributed by atoms with E-state index in [2.05, 4.69) is 66.1 Å². The quantitative estimate of drug-likeness (QED) is 0.334. The third-order valence-electron chi connectivity index (χ3n) is 5.37. The Bertz CT molecular complexity index is 1150. The summed E-state index contributed by atoms with van der Waals surface area (Å²) in [5, 5.41) is 11.6. The molecule has 1 aromatic carbocycles. The number of Topliss-reactive ketones (excluding diaryl/α,β-unsaturated/α-hetero) is 1. The fourth-order valence-electron chi connectivity index (χ4n) is 3.64. The predicted octanol–water partition coefficient (Wildman–Crippen LogP) is 7.85. The van der Waals surface area contributed by atoms with Gasteiger partial charge in [-0.25, -0.2) is 0 Å². The Hall–Kier alpha value is -1.30. The molecule has 1 aromatic heterocycles. The molecule has 3 nitrogen and oxygen atoms in total. The average Bonchev–Trinajstić information content (AvgIpc) is 3.31. The van der Waals surface area contributed by atoms with Gasteiger partial charge in [0.2, 0.25) is 0 Å². The van der Waals surface area contributed by atoms with Gasteiger partial charge in [0.15, 0.2) is 5.78 Å². The first-order valence-electron chi connectivity index (χ1n) is 10.7. The van der Waals surface area contributed by atoms with Gasteiger partial charge in [-0.15, -0.1) is 0 Å². The molecule has 0 atom stereocenters. The summed E-state index contributed by atoms with van der Waals surface area (Å²) in [5.41, 5.74) is 7.42. The first-order chi connectivity index (χ1) is 15.8. The molecule has 7 heteroatoms. The van der Waals surface area contributed by atoms with Crippen molar-refractivity contribution in [3.8, 4) is 0 Å². The Morgan fingerprint density at radius 3 is 2.44 bits per heavy atom. The molecule has 1 radical (unpaired) electrons. The van der Waals surface area contributed by atoms with Crippen LogP contribution in [0.2, 0.25) is 0 Å². The molecule has 0 fully saturated rings. The second-order valence-corrected chi connectivity index (χ2v) is 9.40. The molecule has 0 saturated carbocycles. The fourth-order valence-corrected chi connectivity index (χ4v) is 5.04. The molecule has 0 unspecified atom stereocenters. The molecule has 1 aliphatic heterocycles. The number of allylic oxidation sites excluding steroid dienone is 6. The van der Waals surface area contributed by atoms with Gasteiger partial charge in [-0.1, -0.05) is 65.7 Å². The zero-order valence-corrected chi connectivity index (χ0v) is 24.8. The van der Waals surface area contributed by atoms with Gasteiger partial charge in [-0.2, -0.15) is 29.8 Å². The maximum Gasteiger partial charge on any atom is 0.162 e. The van der Waals surface area contributed by atoms with Crippen molar-refractivity contribution in [3.63, 3.8) is 0 Å². The largest absolute Gasteiger partial charge is 0.327 e. The van der Waals surface area contributed by atoms with Crippen LogP contribution >= 0.6 is 34.5 Å². The Balaban J connectivity index is 0.000000289. The minimum atomic E-state index is -0.0593. The summed E-state index contributed by atoms with van der Waals surface area (Å²) in [6.07, 6.45) is 8.48. The van der Waals surface area contributed by atoms with Crippen LogP contribution in [0, 0.1) is 6.42 Å². The van der Waals surface area contributed by atoms with Gasteiger partial charge in [0.1, 0.15) is 0 Å². The number of thiophene rings is 1. The maximum absolute atomic E-state index is 11.0. The number of hydrazone groups is 1. The minimum Gasteiger partial charge on any atom is -0.327 e. The molecule has 2 aromatic rings. The topological polar surface area (TPSA) is 32.7 Å². The number of carbonyl (C=O) groups excluding carboxylic acids is 1. The van der Waals surface area contributed by atoms with Crippen LogP contribution in [0.25, 0.3) is 11.1 Å². The van der Waals surface area contributed by atoms with Crippen LogP contribution in [0.1, 0.15) is 43.4 Å². The van der Waals surface area contributed by atoms with E-state index in [1.165, 1.54) is 23.6 Å². The van der Waals surface area contributed by atoms with Gasteiger partial charge in [0.25, 0.3) is 0 Å². The molecule has 0 bridgehead atoms. The first-order valence-corrected chi connectivity index (χ1v) is 12.4. The van der Waals surface area contributed by atoms with Gasteiger partial charge >= 0.3 is 0 Å². The van der Waals surface area contributed by atoms with Crippen molar-refractivity contribution in [1.82, 2.24) is 5.01 Å². The summed E-state index contributed by atoms with van der Waals surface area (Å²) in [4.78, 5) is 11.0. The zero-order valence-electron chi connectivity index (χ0n) is 19.6. The summed E-state index contributed by atoms with van der Waals surface area (Å²) in [7, 11) is 1.93. The van der Waals surface area contributed by atoms with Crippen LogP contribution < -0.4 is 0 Å². The zero-order chi connectivity index (χ0) is 24.0.